The van der Waals surface area contributed by atoms with E-state index in [1.165, 1.54) is 0 Å². The number of hydrogen-bond acceptors (Lipinski definition) is 7. The minimum absolute atomic E-state index is 0.0270. The van der Waals surface area contributed by atoms with Gasteiger partial charge in [-0.3, -0.25) is 9.79 Å². The maximum atomic E-state index is 11.7. The second kappa shape index (κ2) is 7.32. The number of ether oxygens (including phenoxy) is 2. The Balaban J connectivity index is 1.40. The van der Waals surface area contributed by atoms with Crippen LogP contribution in [0.2, 0.25) is 0 Å². The van der Waals surface area contributed by atoms with Crippen molar-refractivity contribution in [1.29, 1.82) is 0 Å². The number of methoxy groups -OCH3 is 1. The predicted molar refractivity (Wildman–Crippen MR) is 106 cm³/mol. The second-order valence-electron chi connectivity index (χ2n) is 7.31. The van der Waals surface area contributed by atoms with E-state index in [4.69, 9.17) is 14.5 Å². The number of morpholine rings is 1. The zero-order chi connectivity index (χ0) is 19.8. The van der Waals surface area contributed by atoms with E-state index < -0.39 is 0 Å². The highest BCUT2D eigenvalue weighted by atomic mass is 16.5. The highest BCUT2D eigenvalue weighted by Gasteiger charge is 2.30. The molecule has 4 heterocycles. The number of nitrogens with zero attached hydrogens (tertiary/aromatic N) is 4. The molecule has 1 aromatic rings. The molecule has 150 valence electrons. The van der Waals surface area contributed by atoms with Crippen molar-refractivity contribution in [1.82, 2.24) is 20.2 Å². The molecule has 0 bridgehead atoms. The van der Waals surface area contributed by atoms with E-state index >= 15 is 0 Å². The third-order valence-corrected chi connectivity index (χ3v) is 5.39. The van der Waals surface area contributed by atoms with Crippen molar-refractivity contribution >= 4 is 17.6 Å². The van der Waals surface area contributed by atoms with Gasteiger partial charge in [-0.1, -0.05) is 6.08 Å². The molecule has 0 saturated carbocycles. The first-order chi connectivity index (χ1) is 14.2. The van der Waals surface area contributed by atoms with Gasteiger partial charge in [0.15, 0.2) is 17.6 Å². The summed E-state index contributed by atoms with van der Waals surface area (Å²) in [7, 11) is 1.62. The normalized spacial score (nSPS) is 28.2. The topological polar surface area (TPSA) is 102 Å². The average Bonchev–Trinajstić information content (AvgIpc) is 3.22. The summed E-state index contributed by atoms with van der Waals surface area (Å²) < 4.78 is 13.0. The van der Waals surface area contributed by atoms with Crippen LogP contribution in [0.15, 0.2) is 58.1 Å². The van der Waals surface area contributed by atoms with Gasteiger partial charge in [-0.05, 0) is 24.1 Å². The zero-order valence-corrected chi connectivity index (χ0v) is 16.0. The summed E-state index contributed by atoms with van der Waals surface area (Å²) in [5.74, 6) is 2.12. The molecule has 1 amide bonds. The summed E-state index contributed by atoms with van der Waals surface area (Å²) in [6, 6.07) is -0.0474. The van der Waals surface area contributed by atoms with Crippen LogP contribution in [0.3, 0.4) is 0 Å². The molecule has 2 N–H and O–H groups in total. The van der Waals surface area contributed by atoms with Gasteiger partial charge < -0.3 is 24.7 Å². The SMILES string of the molecule is COC1=NC=CC(NC2=NC(C3=CCC4OCC(=O)NC4=C3)Cn3ccnc32)C1. The van der Waals surface area contributed by atoms with E-state index in [0.29, 0.717) is 18.9 Å². The number of amides is 1. The molecular weight excluding hydrogens is 372 g/mol. The van der Waals surface area contributed by atoms with Crippen molar-refractivity contribution in [3.8, 4) is 0 Å². The minimum Gasteiger partial charge on any atom is -0.484 e. The molecule has 0 aromatic carbocycles. The van der Waals surface area contributed by atoms with E-state index in [1.807, 2.05) is 18.3 Å². The third-order valence-electron chi connectivity index (χ3n) is 5.39. The summed E-state index contributed by atoms with van der Waals surface area (Å²) >= 11 is 0. The van der Waals surface area contributed by atoms with Gasteiger partial charge in [0.25, 0.3) is 0 Å². The smallest absolute Gasteiger partial charge is 0.250 e. The maximum Gasteiger partial charge on any atom is 0.250 e. The average molecular weight is 394 g/mol. The lowest BCUT2D eigenvalue weighted by Gasteiger charge is -2.31. The van der Waals surface area contributed by atoms with Gasteiger partial charge in [0, 0.05) is 30.7 Å². The molecule has 1 saturated heterocycles. The van der Waals surface area contributed by atoms with E-state index in [-0.39, 0.29) is 30.7 Å². The fourth-order valence-corrected chi connectivity index (χ4v) is 3.93. The van der Waals surface area contributed by atoms with Gasteiger partial charge in [0.2, 0.25) is 5.91 Å². The third kappa shape index (κ3) is 3.49. The highest BCUT2D eigenvalue weighted by Crippen LogP contribution is 2.27. The Kier molecular flexibility index (Phi) is 4.51. The largest absolute Gasteiger partial charge is 0.484 e. The molecule has 3 aliphatic heterocycles. The number of carbonyl (C=O) groups is 1. The number of rotatable bonds is 2. The van der Waals surface area contributed by atoms with Crippen LogP contribution >= 0.6 is 0 Å². The van der Waals surface area contributed by atoms with Crippen LogP contribution in [0, 0.1) is 0 Å². The van der Waals surface area contributed by atoms with Gasteiger partial charge in [0.1, 0.15) is 12.7 Å². The van der Waals surface area contributed by atoms with Crippen LogP contribution in [0.1, 0.15) is 18.7 Å². The number of nitrogens with one attached hydrogen (secondary N) is 2. The summed E-state index contributed by atoms with van der Waals surface area (Å²) in [4.78, 5) is 25.3. The molecule has 0 spiro atoms. The molecule has 1 aromatic heterocycles. The summed E-state index contributed by atoms with van der Waals surface area (Å²) in [5, 5.41) is 6.40. The van der Waals surface area contributed by atoms with Gasteiger partial charge in [-0.2, -0.15) is 0 Å². The van der Waals surface area contributed by atoms with Crippen LogP contribution in [-0.2, 0) is 20.8 Å². The van der Waals surface area contributed by atoms with Crippen molar-refractivity contribution in [2.75, 3.05) is 13.7 Å². The number of aliphatic imine (C=N–C) groups is 2. The van der Waals surface area contributed by atoms with E-state index in [2.05, 4.69) is 31.3 Å². The Bertz CT molecular complexity index is 986. The number of carbonyl (C=O) groups excluding carboxylic acids is 1. The first-order valence-electron chi connectivity index (χ1n) is 9.66. The number of amidine groups is 1. The Morgan fingerprint density at radius 1 is 1.41 bits per heavy atom. The maximum absolute atomic E-state index is 11.7. The number of imidazole rings is 1. The molecule has 3 atom stereocenters. The fourth-order valence-electron chi connectivity index (χ4n) is 3.93. The van der Waals surface area contributed by atoms with Crippen LogP contribution in [0.5, 0.6) is 0 Å². The van der Waals surface area contributed by atoms with Crippen molar-refractivity contribution in [3.63, 3.8) is 0 Å². The van der Waals surface area contributed by atoms with E-state index in [9.17, 15) is 4.79 Å². The zero-order valence-electron chi connectivity index (χ0n) is 16.0. The van der Waals surface area contributed by atoms with Gasteiger partial charge in [-0.25, -0.2) is 9.98 Å². The summed E-state index contributed by atoms with van der Waals surface area (Å²) in [5.41, 5.74) is 1.88. The Morgan fingerprint density at radius 2 is 2.34 bits per heavy atom. The summed E-state index contributed by atoms with van der Waals surface area (Å²) in [6.07, 6.45) is 12.9. The quantitative estimate of drug-likeness (QED) is 0.767. The van der Waals surface area contributed by atoms with Crippen LogP contribution < -0.4 is 10.6 Å². The monoisotopic (exact) mass is 394 g/mol. The highest BCUT2D eigenvalue weighted by molar-refractivity contribution is 5.97. The van der Waals surface area contributed by atoms with Gasteiger partial charge >= 0.3 is 0 Å². The minimum atomic E-state index is -0.111. The van der Waals surface area contributed by atoms with Crippen LogP contribution in [0.4, 0.5) is 0 Å². The standard InChI is InChI=1S/C20H22N6O3/c1-28-18-9-13(4-5-21-18)23-19-20-22-6-7-26(20)10-15(25-19)12-2-3-16-14(8-12)24-17(27)11-29-16/h2,4-8,13,15-16H,3,9-11H2,1H3,(H,23,25)(H,24,27). The first-order valence-corrected chi connectivity index (χ1v) is 9.66. The van der Waals surface area contributed by atoms with Crippen LogP contribution in [0.25, 0.3) is 0 Å². The molecule has 4 aliphatic rings. The van der Waals surface area contributed by atoms with E-state index in [0.717, 1.165) is 29.4 Å². The Hall–Kier alpha value is -3.20. The molecule has 9 nitrogen and oxygen atoms in total. The molecule has 5 rings (SSSR count). The summed E-state index contributed by atoms with van der Waals surface area (Å²) in [6.45, 7) is 0.807. The first kappa shape index (κ1) is 17.9. The van der Waals surface area contributed by atoms with Gasteiger partial charge in [-0.15, -0.1) is 0 Å². The molecule has 9 heteroatoms. The lowest BCUT2D eigenvalue weighted by Crippen LogP contribution is -2.43. The molecule has 3 unspecified atom stereocenters. The number of hydrogen-bond donors (Lipinski definition) is 2. The lowest BCUT2D eigenvalue weighted by molar-refractivity contribution is -0.130. The number of fused-ring (bicyclic) bond motifs is 2. The van der Waals surface area contributed by atoms with E-state index in [1.54, 1.807) is 19.5 Å². The molecule has 29 heavy (non-hydrogen) atoms. The Morgan fingerprint density at radius 3 is 3.24 bits per heavy atom. The van der Waals surface area contributed by atoms with Crippen molar-refractivity contribution in [2.45, 2.75) is 37.6 Å². The predicted octanol–water partition coefficient (Wildman–Crippen LogP) is 0.661. The van der Waals surface area contributed by atoms with Crippen molar-refractivity contribution < 1.29 is 14.3 Å². The molecule has 1 aliphatic carbocycles. The molecule has 0 radical (unpaired) electrons. The number of aromatic nitrogens is 2. The molecular formula is C20H22N6O3. The lowest BCUT2D eigenvalue weighted by atomic mass is 9.95. The van der Waals surface area contributed by atoms with Crippen LogP contribution in [-0.4, -0.2) is 59.1 Å². The van der Waals surface area contributed by atoms with Crippen molar-refractivity contribution in [3.05, 3.63) is 53.9 Å². The van der Waals surface area contributed by atoms with Crippen molar-refractivity contribution in [2.24, 2.45) is 9.98 Å². The molecule has 1 fully saturated rings. The fraction of sp³-hybridized carbons (Fsp3) is 0.400. The Labute approximate surface area is 167 Å². The van der Waals surface area contributed by atoms with Gasteiger partial charge in [0.05, 0.1) is 25.7 Å². The second-order valence-corrected chi connectivity index (χ2v) is 7.31.